The number of methoxy groups -OCH3 is 1. The van der Waals surface area contributed by atoms with E-state index in [9.17, 15) is 4.79 Å². The molecule has 5 heteroatoms. The maximum absolute atomic E-state index is 11.5. The van der Waals surface area contributed by atoms with Gasteiger partial charge in [-0.2, -0.15) is 0 Å². The molecule has 0 amide bonds. The Bertz CT molecular complexity index is 443. The number of hydrogen-bond acceptors (Lipinski definition) is 4. The van der Waals surface area contributed by atoms with Crippen LogP contribution in [0.25, 0.3) is 6.08 Å². The first-order chi connectivity index (χ1) is 9.52. The van der Waals surface area contributed by atoms with E-state index in [1.54, 1.807) is 13.2 Å². The fraction of sp³-hybridized carbons (Fsp3) is 0.438. The molecule has 0 unspecified atom stereocenters. The highest BCUT2D eigenvalue weighted by Crippen LogP contribution is 2.12. The number of ether oxygens (including phenoxy) is 2. The van der Waals surface area contributed by atoms with Crippen LogP contribution in [-0.4, -0.2) is 44.2 Å². The van der Waals surface area contributed by atoms with Crippen molar-refractivity contribution in [3.63, 3.8) is 0 Å². The van der Waals surface area contributed by atoms with Crippen LogP contribution in [0.15, 0.2) is 30.3 Å². The van der Waals surface area contributed by atoms with E-state index in [4.69, 9.17) is 9.47 Å². The SMILES string of the molecule is COc1ccc(/C=C/C(=O)OCCN(C)C(C)C)cc1.Cl. The third-order valence-electron chi connectivity index (χ3n) is 3.10. The molecule has 0 aliphatic carbocycles. The van der Waals surface area contributed by atoms with Crippen molar-refractivity contribution in [2.75, 3.05) is 27.3 Å². The minimum atomic E-state index is -0.321. The minimum Gasteiger partial charge on any atom is -0.497 e. The first-order valence-corrected chi connectivity index (χ1v) is 6.72. The van der Waals surface area contributed by atoms with Gasteiger partial charge >= 0.3 is 5.97 Å². The summed E-state index contributed by atoms with van der Waals surface area (Å²) in [5.41, 5.74) is 0.932. The molecule has 0 aliphatic heterocycles. The summed E-state index contributed by atoms with van der Waals surface area (Å²) < 4.78 is 10.2. The zero-order chi connectivity index (χ0) is 15.0. The quantitative estimate of drug-likeness (QED) is 0.573. The molecule has 0 bridgehead atoms. The Morgan fingerprint density at radius 2 is 1.90 bits per heavy atom. The Kier molecular flexibility index (Phi) is 9.50. The number of hydrogen-bond donors (Lipinski definition) is 0. The summed E-state index contributed by atoms with van der Waals surface area (Å²) in [6.45, 7) is 5.34. The van der Waals surface area contributed by atoms with Gasteiger partial charge in [-0.05, 0) is 44.7 Å². The fourth-order valence-corrected chi connectivity index (χ4v) is 1.48. The Morgan fingerprint density at radius 3 is 2.43 bits per heavy atom. The topological polar surface area (TPSA) is 38.8 Å². The molecule has 0 aliphatic rings. The van der Waals surface area contributed by atoms with Crippen LogP contribution < -0.4 is 4.74 Å². The van der Waals surface area contributed by atoms with E-state index < -0.39 is 0 Å². The summed E-state index contributed by atoms with van der Waals surface area (Å²) in [6.07, 6.45) is 3.17. The Balaban J connectivity index is 0.00000400. The lowest BCUT2D eigenvalue weighted by molar-refractivity contribution is -0.138. The number of carbonyl (C=O) groups is 1. The number of esters is 1. The molecule has 21 heavy (non-hydrogen) atoms. The van der Waals surface area contributed by atoms with Gasteiger partial charge in [-0.15, -0.1) is 12.4 Å². The van der Waals surface area contributed by atoms with Crippen LogP contribution in [0.5, 0.6) is 5.75 Å². The Hall–Kier alpha value is -1.52. The first kappa shape index (κ1) is 19.5. The molecule has 0 heterocycles. The van der Waals surface area contributed by atoms with Gasteiger partial charge in [0.1, 0.15) is 12.4 Å². The van der Waals surface area contributed by atoms with Crippen molar-refractivity contribution in [3.05, 3.63) is 35.9 Å². The van der Waals surface area contributed by atoms with Gasteiger partial charge in [0.2, 0.25) is 0 Å². The maximum Gasteiger partial charge on any atom is 0.330 e. The highest BCUT2D eigenvalue weighted by Gasteiger charge is 2.04. The summed E-state index contributed by atoms with van der Waals surface area (Å²) in [4.78, 5) is 13.7. The predicted octanol–water partition coefficient (Wildman–Crippen LogP) is 3.01. The van der Waals surface area contributed by atoms with Crippen molar-refractivity contribution in [1.29, 1.82) is 0 Å². The highest BCUT2D eigenvalue weighted by molar-refractivity contribution is 5.87. The van der Waals surface area contributed by atoms with E-state index in [2.05, 4.69) is 18.7 Å². The molecule has 1 rings (SSSR count). The van der Waals surface area contributed by atoms with Gasteiger partial charge in [-0.1, -0.05) is 12.1 Å². The first-order valence-electron chi connectivity index (χ1n) is 6.72. The molecule has 0 atom stereocenters. The molecule has 1 aromatic carbocycles. The average Bonchev–Trinajstić information content (AvgIpc) is 2.45. The second-order valence-corrected chi connectivity index (χ2v) is 4.85. The molecular formula is C16H24ClNO3. The number of halogens is 1. The molecule has 1 aromatic rings. The van der Waals surface area contributed by atoms with Gasteiger partial charge in [0, 0.05) is 18.7 Å². The number of benzene rings is 1. The number of likely N-dealkylation sites (N-methyl/N-ethyl adjacent to an activating group) is 1. The summed E-state index contributed by atoms with van der Waals surface area (Å²) >= 11 is 0. The molecule has 118 valence electrons. The van der Waals surface area contributed by atoms with Gasteiger partial charge in [0.15, 0.2) is 0 Å². The van der Waals surface area contributed by atoms with Crippen molar-refractivity contribution in [2.45, 2.75) is 19.9 Å². The minimum absolute atomic E-state index is 0. The molecule has 0 N–H and O–H groups in total. The van der Waals surface area contributed by atoms with Crippen molar-refractivity contribution in [3.8, 4) is 5.75 Å². The van der Waals surface area contributed by atoms with E-state index in [0.29, 0.717) is 12.6 Å². The monoisotopic (exact) mass is 313 g/mol. The molecule has 0 spiro atoms. The van der Waals surface area contributed by atoms with Crippen LogP contribution in [0, 0.1) is 0 Å². The van der Waals surface area contributed by atoms with Crippen LogP contribution in [-0.2, 0) is 9.53 Å². The lowest BCUT2D eigenvalue weighted by Gasteiger charge is -2.20. The van der Waals surface area contributed by atoms with Gasteiger partial charge in [0.25, 0.3) is 0 Å². The standard InChI is InChI=1S/C16H23NO3.ClH/c1-13(2)17(3)11-12-20-16(18)10-7-14-5-8-15(19-4)9-6-14;/h5-10,13H,11-12H2,1-4H3;1H/b10-7+;. The second kappa shape index (κ2) is 10.2. The van der Waals surface area contributed by atoms with Gasteiger partial charge in [-0.25, -0.2) is 4.79 Å². The van der Waals surface area contributed by atoms with E-state index in [0.717, 1.165) is 17.9 Å². The van der Waals surface area contributed by atoms with E-state index in [-0.39, 0.29) is 18.4 Å². The van der Waals surface area contributed by atoms with Crippen LogP contribution in [0.2, 0.25) is 0 Å². The zero-order valence-corrected chi connectivity index (χ0v) is 13.9. The summed E-state index contributed by atoms with van der Waals surface area (Å²) in [5, 5.41) is 0. The van der Waals surface area contributed by atoms with Crippen LogP contribution in [0.3, 0.4) is 0 Å². The lowest BCUT2D eigenvalue weighted by Crippen LogP contribution is -2.30. The van der Waals surface area contributed by atoms with Gasteiger partial charge in [0.05, 0.1) is 7.11 Å². The molecule has 0 radical (unpaired) electrons. The fourth-order valence-electron chi connectivity index (χ4n) is 1.48. The molecule has 0 saturated carbocycles. The van der Waals surface area contributed by atoms with Crippen molar-refractivity contribution < 1.29 is 14.3 Å². The largest absolute Gasteiger partial charge is 0.497 e. The summed E-state index contributed by atoms with van der Waals surface area (Å²) in [7, 11) is 3.63. The maximum atomic E-state index is 11.5. The number of carbonyl (C=O) groups excluding carboxylic acids is 1. The normalized spacial score (nSPS) is 10.8. The predicted molar refractivity (Wildman–Crippen MR) is 88.0 cm³/mol. The summed E-state index contributed by atoms with van der Waals surface area (Å²) in [5.74, 6) is 0.472. The van der Waals surface area contributed by atoms with Crippen LogP contribution >= 0.6 is 12.4 Å². The molecular weight excluding hydrogens is 290 g/mol. The van der Waals surface area contributed by atoms with E-state index in [1.165, 1.54) is 6.08 Å². The Labute approximate surface area is 133 Å². The van der Waals surface area contributed by atoms with Gasteiger partial charge in [-0.3, -0.25) is 0 Å². The summed E-state index contributed by atoms with van der Waals surface area (Å²) in [6, 6.07) is 7.92. The van der Waals surface area contributed by atoms with Gasteiger partial charge < -0.3 is 14.4 Å². The smallest absolute Gasteiger partial charge is 0.330 e. The second-order valence-electron chi connectivity index (χ2n) is 4.85. The molecule has 4 nitrogen and oxygen atoms in total. The number of rotatable bonds is 7. The third kappa shape index (κ3) is 7.73. The van der Waals surface area contributed by atoms with E-state index in [1.807, 2.05) is 31.3 Å². The molecule has 0 saturated heterocycles. The van der Waals surface area contributed by atoms with E-state index >= 15 is 0 Å². The third-order valence-corrected chi connectivity index (χ3v) is 3.10. The number of nitrogens with zero attached hydrogens (tertiary/aromatic N) is 1. The van der Waals surface area contributed by atoms with Crippen LogP contribution in [0.4, 0.5) is 0 Å². The lowest BCUT2D eigenvalue weighted by atomic mass is 10.2. The Morgan fingerprint density at radius 1 is 1.29 bits per heavy atom. The molecule has 0 aromatic heterocycles. The highest BCUT2D eigenvalue weighted by atomic mass is 35.5. The molecule has 0 fully saturated rings. The van der Waals surface area contributed by atoms with Crippen molar-refractivity contribution in [1.82, 2.24) is 4.90 Å². The average molecular weight is 314 g/mol. The van der Waals surface area contributed by atoms with Crippen LogP contribution in [0.1, 0.15) is 19.4 Å². The zero-order valence-electron chi connectivity index (χ0n) is 13.0. The van der Waals surface area contributed by atoms with Crippen molar-refractivity contribution in [2.24, 2.45) is 0 Å². The van der Waals surface area contributed by atoms with Crippen molar-refractivity contribution >= 4 is 24.5 Å².